The highest BCUT2D eigenvalue weighted by molar-refractivity contribution is 7.92. The topological polar surface area (TPSA) is 105 Å². The molecule has 1 aliphatic carbocycles. The molecule has 2 amide bonds. The summed E-state index contributed by atoms with van der Waals surface area (Å²) >= 11 is 0. The smallest absolute Gasteiger partial charge is 0.264 e. The van der Waals surface area contributed by atoms with Gasteiger partial charge < -0.3 is 19.7 Å². The lowest BCUT2D eigenvalue weighted by Gasteiger charge is -2.33. The van der Waals surface area contributed by atoms with E-state index in [2.05, 4.69) is 5.32 Å². The lowest BCUT2D eigenvalue weighted by atomic mass is 9.95. The van der Waals surface area contributed by atoms with Gasteiger partial charge in [-0.25, -0.2) is 12.8 Å². The van der Waals surface area contributed by atoms with Gasteiger partial charge in [0.05, 0.1) is 24.8 Å². The minimum absolute atomic E-state index is 0.0381. The van der Waals surface area contributed by atoms with Crippen LogP contribution < -0.4 is 19.1 Å². The van der Waals surface area contributed by atoms with Gasteiger partial charge in [0.1, 0.15) is 18.4 Å². The summed E-state index contributed by atoms with van der Waals surface area (Å²) < 4.78 is 53.5. The first-order valence-electron chi connectivity index (χ1n) is 14.7. The molecule has 0 aliphatic heterocycles. The van der Waals surface area contributed by atoms with E-state index in [9.17, 15) is 22.4 Å². The monoisotopic (exact) mass is 625 g/mol. The third-order valence-corrected chi connectivity index (χ3v) is 9.70. The third kappa shape index (κ3) is 7.88. The number of nitrogens with one attached hydrogen (secondary N) is 1. The van der Waals surface area contributed by atoms with Crippen LogP contribution in [0.5, 0.6) is 11.5 Å². The summed E-state index contributed by atoms with van der Waals surface area (Å²) in [4.78, 5) is 28.8. The van der Waals surface area contributed by atoms with Crippen molar-refractivity contribution in [1.29, 1.82) is 0 Å². The largest absolute Gasteiger partial charge is 0.493 e. The van der Waals surface area contributed by atoms with Crippen LogP contribution in [-0.4, -0.2) is 58.0 Å². The van der Waals surface area contributed by atoms with E-state index in [1.165, 1.54) is 49.5 Å². The number of carbonyl (C=O) groups excluding carboxylic acids is 2. The second kappa shape index (κ2) is 14.6. The maximum Gasteiger partial charge on any atom is 0.264 e. The Morgan fingerprint density at radius 3 is 2.18 bits per heavy atom. The van der Waals surface area contributed by atoms with Crippen molar-refractivity contribution in [3.05, 3.63) is 83.7 Å². The average Bonchev–Trinajstić information content (AvgIpc) is 3.03. The molecule has 0 radical (unpaired) electrons. The lowest BCUT2D eigenvalue weighted by Crippen LogP contribution is -2.53. The van der Waals surface area contributed by atoms with E-state index in [0.717, 1.165) is 59.7 Å². The molecule has 0 aromatic heterocycles. The van der Waals surface area contributed by atoms with E-state index in [-0.39, 0.29) is 34.8 Å². The van der Waals surface area contributed by atoms with Gasteiger partial charge in [0, 0.05) is 18.7 Å². The average molecular weight is 626 g/mol. The molecule has 0 saturated heterocycles. The Hall–Kier alpha value is -4.12. The SMILES string of the molecule is COc1ccc(S(=O)(=O)N(CC(=O)N(Cc2ccc(C)cc2)C(C)C(=O)NC2CCCCC2)c2ccc(F)cc2)cc1OC. The van der Waals surface area contributed by atoms with Gasteiger partial charge in [0.15, 0.2) is 11.5 Å². The number of hydrogen-bond donors (Lipinski definition) is 1. The standard InChI is InChI=1S/C33H40FN3O6S/c1-23-10-12-25(13-11-23)21-36(24(2)33(39)35-27-8-6-5-7-9-27)32(38)22-37(28-16-14-26(34)15-17-28)44(40,41)29-18-19-30(42-3)31(20-29)43-4/h10-20,24,27H,5-9,21-22H2,1-4H3,(H,35,39). The molecule has 3 aromatic carbocycles. The van der Waals surface area contributed by atoms with Gasteiger partial charge in [0.25, 0.3) is 10.0 Å². The Morgan fingerprint density at radius 2 is 1.57 bits per heavy atom. The lowest BCUT2D eigenvalue weighted by molar-refractivity contribution is -0.139. The fourth-order valence-electron chi connectivity index (χ4n) is 5.28. The normalized spacial score (nSPS) is 14.4. The maximum absolute atomic E-state index is 14.1. The van der Waals surface area contributed by atoms with Gasteiger partial charge in [-0.3, -0.25) is 13.9 Å². The molecule has 44 heavy (non-hydrogen) atoms. The van der Waals surface area contributed by atoms with Crippen LogP contribution in [0.1, 0.15) is 50.2 Å². The number of sulfonamides is 1. The number of amides is 2. The van der Waals surface area contributed by atoms with Gasteiger partial charge in [-0.15, -0.1) is 0 Å². The van der Waals surface area contributed by atoms with Crippen LogP contribution in [-0.2, 0) is 26.2 Å². The van der Waals surface area contributed by atoms with E-state index < -0.39 is 34.3 Å². The van der Waals surface area contributed by atoms with Crippen LogP contribution in [0.15, 0.2) is 71.6 Å². The van der Waals surface area contributed by atoms with Crippen molar-refractivity contribution in [2.45, 2.75) is 69.5 Å². The predicted molar refractivity (Wildman–Crippen MR) is 167 cm³/mol. The third-order valence-electron chi connectivity index (χ3n) is 7.93. The van der Waals surface area contributed by atoms with Crippen molar-refractivity contribution in [3.63, 3.8) is 0 Å². The highest BCUT2D eigenvalue weighted by Crippen LogP contribution is 2.32. The van der Waals surface area contributed by atoms with E-state index in [1.807, 2.05) is 31.2 Å². The molecular weight excluding hydrogens is 585 g/mol. The number of anilines is 1. The summed E-state index contributed by atoms with van der Waals surface area (Å²) in [5, 5.41) is 3.09. The second-order valence-corrected chi connectivity index (χ2v) is 12.9. The zero-order valence-corrected chi connectivity index (χ0v) is 26.4. The number of hydrogen-bond acceptors (Lipinski definition) is 6. The molecule has 9 nitrogen and oxygen atoms in total. The molecule has 1 saturated carbocycles. The first kappa shape index (κ1) is 32.8. The molecule has 1 fully saturated rings. The van der Waals surface area contributed by atoms with Crippen molar-refractivity contribution in [2.24, 2.45) is 0 Å². The van der Waals surface area contributed by atoms with E-state index >= 15 is 0 Å². The Balaban J connectivity index is 1.70. The van der Waals surface area contributed by atoms with Crippen LogP contribution in [0.3, 0.4) is 0 Å². The number of carbonyl (C=O) groups is 2. The molecule has 4 rings (SSSR count). The number of rotatable bonds is 12. The van der Waals surface area contributed by atoms with Gasteiger partial charge in [-0.1, -0.05) is 49.1 Å². The summed E-state index contributed by atoms with van der Waals surface area (Å²) in [6.45, 7) is 3.06. The number of aryl methyl sites for hydroxylation is 1. The molecular formula is C33H40FN3O6S. The number of methoxy groups -OCH3 is 2. The molecule has 1 unspecified atom stereocenters. The first-order chi connectivity index (χ1) is 21.0. The zero-order valence-electron chi connectivity index (χ0n) is 25.6. The molecule has 0 spiro atoms. The van der Waals surface area contributed by atoms with Gasteiger partial charge in [-0.2, -0.15) is 0 Å². The molecule has 236 valence electrons. The van der Waals surface area contributed by atoms with Crippen molar-refractivity contribution in [1.82, 2.24) is 10.2 Å². The summed E-state index contributed by atoms with van der Waals surface area (Å²) in [6.07, 6.45) is 4.96. The Labute approximate surface area is 259 Å². The molecule has 1 N–H and O–H groups in total. The van der Waals surface area contributed by atoms with E-state index in [0.29, 0.717) is 5.75 Å². The number of nitrogens with zero attached hydrogens (tertiary/aromatic N) is 2. The summed E-state index contributed by atoms with van der Waals surface area (Å²) in [5.41, 5.74) is 1.92. The summed E-state index contributed by atoms with van der Waals surface area (Å²) in [7, 11) is -1.55. The molecule has 11 heteroatoms. The number of ether oxygens (including phenoxy) is 2. The van der Waals surface area contributed by atoms with Crippen molar-refractivity contribution >= 4 is 27.5 Å². The molecule has 0 heterocycles. The minimum Gasteiger partial charge on any atom is -0.493 e. The quantitative estimate of drug-likeness (QED) is 0.296. The highest BCUT2D eigenvalue weighted by atomic mass is 32.2. The van der Waals surface area contributed by atoms with Crippen molar-refractivity contribution in [2.75, 3.05) is 25.1 Å². The van der Waals surface area contributed by atoms with Crippen LogP contribution in [0.25, 0.3) is 0 Å². The molecule has 1 aliphatic rings. The van der Waals surface area contributed by atoms with E-state index in [1.54, 1.807) is 6.92 Å². The zero-order chi connectivity index (χ0) is 31.9. The first-order valence-corrected chi connectivity index (χ1v) is 16.1. The van der Waals surface area contributed by atoms with Crippen LogP contribution in [0.2, 0.25) is 0 Å². The van der Waals surface area contributed by atoms with Gasteiger partial charge in [0.2, 0.25) is 11.8 Å². The molecule has 0 bridgehead atoms. The Morgan fingerprint density at radius 1 is 0.932 bits per heavy atom. The predicted octanol–water partition coefficient (Wildman–Crippen LogP) is 5.21. The fraction of sp³-hybridized carbons (Fsp3) is 0.394. The van der Waals surface area contributed by atoms with Crippen molar-refractivity contribution in [3.8, 4) is 11.5 Å². The van der Waals surface area contributed by atoms with Crippen LogP contribution in [0.4, 0.5) is 10.1 Å². The maximum atomic E-state index is 14.1. The second-order valence-electron chi connectivity index (χ2n) is 11.0. The highest BCUT2D eigenvalue weighted by Gasteiger charge is 2.33. The fourth-order valence-corrected chi connectivity index (χ4v) is 6.71. The molecule has 3 aromatic rings. The number of benzene rings is 3. The van der Waals surface area contributed by atoms with Gasteiger partial charge in [-0.05, 0) is 68.7 Å². The summed E-state index contributed by atoms with van der Waals surface area (Å²) in [5.74, 6) is -0.929. The van der Waals surface area contributed by atoms with Crippen molar-refractivity contribution < 1.29 is 31.9 Å². The van der Waals surface area contributed by atoms with Crippen LogP contribution in [0, 0.1) is 12.7 Å². The molecule has 1 atom stereocenters. The minimum atomic E-state index is -4.37. The van der Waals surface area contributed by atoms with Gasteiger partial charge >= 0.3 is 0 Å². The van der Waals surface area contributed by atoms with Crippen LogP contribution >= 0.6 is 0 Å². The van der Waals surface area contributed by atoms with E-state index in [4.69, 9.17) is 9.47 Å². The Kier molecular flexibility index (Phi) is 10.9. The summed E-state index contributed by atoms with van der Waals surface area (Å²) in [6, 6.07) is 15.7. The number of halogens is 1. The Bertz CT molecular complexity index is 1540.